The summed E-state index contributed by atoms with van der Waals surface area (Å²) in [6, 6.07) is 13.6. The standard InChI is InChI=1S/C17H20BrNO2/c1-3-20-13-7-5-12(6-8-13)17(19)15-10-9-14(21-4-2)11-16(15)18/h5-11,17H,3-4,19H2,1-2H3. The highest BCUT2D eigenvalue weighted by Crippen LogP contribution is 2.30. The molecule has 0 fully saturated rings. The van der Waals surface area contributed by atoms with Gasteiger partial charge in [0.05, 0.1) is 19.3 Å². The summed E-state index contributed by atoms with van der Waals surface area (Å²) in [4.78, 5) is 0. The predicted octanol–water partition coefficient (Wildman–Crippen LogP) is 4.29. The summed E-state index contributed by atoms with van der Waals surface area (Å²) in [5.74, 6) is 1.70. The number of benzene rings is 2. The van der Waals surface area contributed by atoms with Crippen LogP contribution in [0.4, 0.5) is 0 Å². The van der Waals surface area contributed by atoms with Crippen LogP contribution in [0.15, 0.2) is 46.9 Å². The van der Waals surface area contributed by atoms with E-state index in [-0.39, 0.29) is 6.04 Å². The maximum atomic E-state index is 6.35. The fourth-order valence-corrected chi connectivity index (χ4v) is 2.74. The molecule has 0 saturated carbocycles. The Balaban J connectivity index is 2.20. The second-order valence-electron chi connectivity index (χ2n) is 4.60. The van der Waals surface area contributed by atoms with E-state index >= 15 is 0 Å². The van der Waals surface area contributed by atoms with Gasteiger partial charge in [-0.25, -0.2) is 0 Å². The first kappa shape index (κ1) is 15.9. The molecule has 0 aliphatic heterocycles. The molecule has 0 spiro atoms. The number of hydrogen-bond acceptors (Lipinski definition) is 3. The van der Waals surface area contributed by atoms with E-state index in [1.165, 1.54) is 0 Å². The molecule has 4 heteroatoms. The van der Waals surface area contributed by atoms with Gasteiger partial charge in [0.25, 0.3) is 0 Å². The van der Waals surface area contributed by atoms with Crippen LogP contribution >= 0.6 is 15.9 Å². The third-order valence-corrected chi connectivity index (χ3v) is 3.85. The van der Waals surface area contributed by atoms with Crippen molar-refractivity contribution in [2.75, 3.05) is 13.2 Å². The van der Waals surface area contributed by atoms with Gasteiger partial charge in [-0.05, 0) is 49.2 Å². The molecule has 2 aromatic rings. The molecule has 0 radical (unpaired) electrons. The molecular weight excluding hydrogens is 330 g/mol. The lowest BCUT2D eigenvalue weighted by Crippen LogP contribution is -2.12. The Morgan fingerprint density at radius 2 is 1.52 bits per heavy atom. The van der Waals surface area contributed by atoms with Crippen molar-refractivity contribution in [3.63, 3.8) is 0 Å². The van der Waals surface area contributed by atoms with Crippen molar-refractivity contribution in [2.45, 2.75) is 19.9 Å². The molecule has 0 saturated heterocycles. The van der Waals surface area contributed by atoms with E-state index in [0.717, 1.165) is 27.1 Å². The van der Waals surface area contributed by atoms with E-state index in [2.05, 4.69) is 15.9 Å². The summed E-state index contributed by atoms with van der Waals surface area (Å²) < 4.78 is 11.9. The summed E-state index contributed by atoms with van der Waals surface area (Å²) in [5.41, 5.74) is 8.43. The summed E-state index contributed by atoms with van der Waals surface area (Å²) in [7, 11) is 0. The predicted molar refractivity (Wildman–Crippen MR) is 89.0 cm³/mol. The van der Waals surface area contributed by atoms with Gasteiger partial charge in [-0.3, -0.25) is 0 Å². The molecule has 1 atom stereocenters. The summed E-state index contributed by atoms with van der Waals surface area (Å²) in [6.07, 6.45) is 0. The average molecular weight is 350 g/mol. The minimum Gasteiger partial charge on any atom is -0.494 e. The molecular formula is C17H20BrNO2. The highest BCUT2D eigenvalue weighted by Gasteiger charge is 2.13. The van der Waals surface area contributed by atoms with Gasteiger partial charge < -0.3 is 15.2 Å². The van der Waals surface area contributed by atoms with E-state index in [4.69, 9.17) is 15.2 Å². The third kappa shape index (κ3) is 3.99. The van der Waals surface area contributed by atoms with E-state index in [1.54, 1.807) is 0 Å². The van der Waals surface area contributed by atoms with Crippen molar-refractivity contribution in [1.29, 1.82) is 0 Å². The molecule has 0 aliphatic rings. The van der Waals surface area contributed by atoms with Crippen LogP contribution in [-0.4, -0.2) is 13.2 Å². The minimum atomic E-state index is -0.189. The molecule has 112 valence electrons. The van der Waals surface area contributed by atoms with E-state index in [1.807, 2.05) is 56.3 Å². The first-order chi connectivity index (χ1) is 10.2. The normalized spacial score (nSPS) is 12.0. The quantitative estimate of drug-likeness (QED) is 0.845. The van der Waals surface area contributed by atoms with Crippen molar-refractivity contribution < 1.29 is 9.47 Å². The zero-order valence-electron chi connectivity index (χ0n) is 12.3. The third-order valence-electron chi connectivity index (χ3n) is 3.17. The number of halogens is 1. The number of ether oxygens (including phenoxy) is 2. The van der Waals surface area contributed by atoms with Gasteiger partial charge >= 0.3 is 0 Å². The summed E-state index contributed by atoms with van der Waals surface area (Å²) >= 11 is 3.57. The highest BCUT2D eigenvalue weighted by atomic mass is 79.9. The van der Waals surface area contributed by atoms with Crippen LogP contribution in [0.5, 0.6) is 11.5 Å². The van der Waals surface area contributed by atoms with E-state index < -0.39 is 0 Å². The highest BCUT2D eigenvalue weighted by molar-refractivity contribution is 9.10. The SMILES string of the molecule is CCOc1ccc(C(N)c2ccc(OCC)cc2Br)cc1. The fourth-order valence-electron chi connectivity index (χ4n) is 2.13. The Kier molecular flexibility index (Phi) is 5.65. The Morgan fingerprint density at radius 3 is 2.10 bits per heavy atom. The summed E-state index contributed by atoms with van der Waals surface area (Å²) in [5, 5.41) is 0. The average Bonchev–Trinajstić information content (AvgIpc) is 2.48. The van der Waals surface area contributed by atoms with Gasteiger partial charge in [0.2, 0.25) is 0 Å². The number of hydrogen-bond donors (Lipinski definition) is 1. The molecule has 2 aromatic carbocycles. The number of nitrogens with two attached hydrogens (primary N) is 1. The monoisotopic (exact) mass is 349 g/mol. The van der Waals surface area contributed by atoms with Crippen LogP contribution < -0.4 is 15.2 Å². The minimum absolute atomic E-state index is 0.189. The van der Waals surface area contributed by atoms with Crippen LogP contribution in [0.1, 0.15) is 31.0 Å². The number of rotatable bonds is 6. The van der Waals surface area contributed by atoms with Crippen LogP contribution in [0.25, 0.3) is 0 Å². The maximum absolute atomic E-state index is 6.35. The Hall–Kier alpha value is -1.52. The smallest absolute Gasteiger partial charge is 0.120 e. The molecule has 3 nitrogen and oxygen atoms in total. The van der Waals surface area contributed by atoms with Crippen LogP contribution in [-0.2, 0) is 0 Å². The molecule has 1 unspecified atom stereocenters. The first-order valence-corrected chi connectivity index (χ1v) is 7.85. The van der Waals surface area contributed by atoms with E-state index in [9.17, 15) is 0 Å². The van der Waals surface area contributed by atoms with Gasteiger partial charge in [-0.1, -0.05) is 34.1 Å². The Morgan fingerprint density at radius 1 is 0.952 bits per heavy atom. The van der Waals surface area contributed by atoms with Gasteiger partial charge in [0.1, 0.15) is 11.5 Å². The lowest BCUT2D eigenvalue weighted by atomic mass is 9.99. The van der Waals surface area contributed by atoms with Crippen molar-refractivity contribution in [1.82, 2.24) is 0 Å². The van der Waals surface area contributed by atoms with Gasteiger partial charge in [-0.2, -0.15) is 0 Å². The molecule has 0 heterocycles. The van der Waals surface area contributed by atoms with E-state index in [0.29, 0.717) is 13.2 Å². The van der Waals surface area contributed by atoms with Crippen molar-refractivity contribution in [3.05, 3.63) is 58.1 Å². The maximum Gasteiger partial charge on any atom is 0.120 e. The molecule has 0 bridgehead atoms. The van der Waals surface area contributed by atoms with Crippen molar-refractivity contribution >= 4 is 15.9 Å². The molecule has 21 heavy (non-hydrogen) atoms. The fraction of sp³-hybridized carbons (Fsp3) is 0.294. The van der Waals surface area contributed by atoms with Crippen LogP contribution in [0.2, 0.25) is 0 Å². The first-order valence-electron chi connectivity index (χ1n) is 7.06. The van der Waals surface area contributed by atoms with Crippen molar-refractivity contribution in [2.24, 2.45) is 5.73 Å². The molecule has 2 rings (SSSR count). The largest absolute Gasteiger partial charge is 0.494 e. The second kappa shape index (κ2) is 7.48. The van der Waals surface area contributed by atoms with Crippen LogP contribution in [0.3, 0.4) is 0 Å². The lowest BCUT2D eigenvalue weighted by molar-refractivity contribution is 0.340. The lowest BCUT2D eigenvalue weighted by Gasteiger charge is -2.16. The zero-order chi connectivity index (χ0) is 15.2. The molecule has 0 amide bonds. The van der Waals surface area contributed by atoms with Crippen molar-refractivity contribution in [3.8, 4) is 11.5 Å². The summed E-state index contributed by atoms with van der Waals surface area (Å²) in [6.45, 7) is 5.25. The molecule has 2 N–H and O–H groups in total. The van der Waals surface area contributed by atoms with Gasteiger partial charge in [0.15, 0.2) is 0 Å². The molecule has 0 aliphatic carbocycles. The Labute approximate surface area is 134 Å². The van der Waals surface area contributed by atoms with Gasteiger partial charge in [-0.15, -0.1) is 0 Å². The van der Waals surface area contributed by atoms with Crippen LogP contribution in [0, 0.1) is 0 Å². The molecule has 0 aromatic heterocycles. The Bertz CT molecular complexity index is 584. The van der Waals surface area contributed by atoms with Gasteiger partial charge in [0, 0.05) is 4.47 Å². The zero-order valence-corrected chi connectivity index (χ0v) is 13.9. The topological polar surface area (TPSA) is 44.5 Å². The second-order valence-corrected chi connectivity index (χ2v) is 5.45.